The van der Waals surface area contributed by atoms with E-state index in [0.717, 1.165) is 46.2 Å². The molecule has 0 atom stereocenters. The number of imidazole rings is 1. The van der Waals surface area contributed by atoms with Crippen molar-refractivity contribution in [3.63, 3.8) is 0 Å². The number of amides is 1. The summed E-state index contributed by atoms with van der Waals surface area (Å²) in [7, 11) is 0. The van der Waals surface area contributed by atoms with Crippen LogP contribution in [0.5, 0.6) is 0 Å². The second-order valence-electron chi connectivity index (χ2n) is 8.66. The summed E-state index contributed by atoms with van der Waals surface area (Å²) < 4.78 is 0. The van der Waals surface area contributed by atoms with Gasteiger partial charge in [0.2, 0.25) is 5.91 Å². The first-order valence-electron chi connectivity index (χ1n) is 11.4. The average molecular weight is 478 g/mol. The average Bonchev–Trinajstić information content (AvgIpc) is 3.26. The van der Waals surface area contributed by atoms with Crippen LogP contribution in [0.1, 0.15) is 12.8 Å². The van der Waals surface area contributed by atoms with Crippen molar-refractivity contribution >= 4 is 45.0 Å². The molecule has 0 radical (unpaired) electrons. The van der Waals surface area contributed by atoms with Crippen molar-refractivity contribution in [2.24, 2.45) is 5.92 Å². The van der Waals surface area contributed by atoms with E-state index in [0.29, 0.717) is 22.7 Å². The number of rotatable bonds is 5. The number of anilines is 1. The predicted octanol–water partition coefficient (Wildman–Crippen LogP) is 5.64. The quantitative estimate of drug-likeness (QED) is 0.297. The third-order valence-electron chi connectivity index (χ3n) is 6.18. The van der Waals surface area contributed by atoms with E-state index in [1.54, 1.807) is 23.7 Å². The van der Waals surface area contributed by atoms with Gasteiger partial charge in [0.15, 0.2) is 11.5 Å². The fourth-order valence-corrected chi connectivity index (χ4v) is 4.99. The molecule has 170 valence electrons. The lowest BCUT2D eigenvalue weighted by Crippen LogP contribution is -2.13. The SMILES string of the molecule is O=C(Nc1cncc(-c2ccc3[nH]nc(-c4nc5c(-c6cccs6)cccc5[nH]4)c3n2)c1)C1CC1. The van der Waals surface area contributed by atoms with Crippen molar-refractivity contribution in [1.29, 1.82) is 0 Å². The van der Waals surface area contributed by atoms with Crippen molar-refractivity contribution in [2.75, 3.05) is 5.32 Å². The second-order valence-corrected chi connectivity index (χ2v) is 9.60. The van der Waals surface area contributed by atoms with E-state index in [1.165, 1.54) is 4.88 Å². The standard InChI is InChI=1S/C26H19N7OS/c34-26(14-6-7-14)28-16-11-15(12-27-13-16)18-8-9-20-23(29-18)24(33-32-20)25-30-19-4-1-3-17(22(19)31-25)21-5-2-10-35-21/h1-5,8-14H,6-7H2,(H,28,34)(H,30,31)(H,32,33). The monoisotopic (exact) mass is 477 g/mol. The Bertz CT molecular complexity index is 1710. The van der Waals surface area contributed by atoms with Gasteiger partial charge in [-0.25, -0.2) is 9.97 Å². The lowest BCUT2D eigenvalue weighted by molar-refractivity contribution is -0.117. The molecule has 1 fully saturated rings. The van der Waals surface area contributed by atoms with E-state index in [9.17, 15) is 4.79 Å². The zero-order valence-corrected chi connectivity index (χ0v) is 19.3. The Balaban J connectivity index is 1.29. The van der Waals surface area contributed by atoms with Crippen LogP contribution in [-0.2, 0) is 4.79 Å². The van der Waals surface area contributed by atoms with Gasteiger partial charge in [0.25, 0.3) is 0 Å². The first-order valence-corrected chi connectivity index (χ1v) is 12.3. The number of benzene rings is 1. The summed E-state index contributed by atoms with van der Waals surface area (Å²) in [5.74, 6) is 0.838. The van der Waals surface area contributed by atoms with Gasteiger partial charge in [0, 0.05) is 28.1 Å². The number of pyridine rings is 2. The molecule has 0 aliphatic heterocycles. The molecular formula is C26H19N7OS. The number of fused-ring (bicyclic) bond motifs is 2. The van der Waals surface area contributed by atoms with Crippen molar-refractivity contribution in [3.8, 4) is 33.2 Å². The third kappa shape index (κ3) is 3.57. The van der Waals surface area contributed by atoms with Gasteiger partial charge in [-0.2, -0.15) is 5.10 Å². The Morgan fingerprint density at radius 1 is 1.00 bits per heavy atom. The molecule has 1 aliphatic rings. The molecule has 9 heteroatoms. The van der Waals surface area contributed by atoms with Crippen molar-refractivity contribution in [3.05, 3.63) is 66.3 Å². The van der Waals surface area contributed by atoms with Crippen LogP contribution < -0.4 is 5.32 Å². The van der Waals surface area contributed by atoms with Gasteiger partial charge in [-0.1, -0.05) is 18.2 Å². The van der Waals surface area contributed by atoms with Gasteiger partial charge in [-0.05, 0) is 48.6 Å². The zero-order valence-electron chi connectivity index (χ0n) is 18.4. The third-order valence-corrected chi connectivity index (χ3v) is 7.08. The molecule has 5 heterocycles. The molecule has 8 nitrogen and oxygen atoms in total. The van der Waals surface area contributed by atoms with Crippen molar-refractivity contribution < 1.29 is 4.79 Å². The number of hydrogen-bond donors (Lipinski definition) is 3. The van der Waals surface area contributed by atoms with Crippen LogP contribution in [-0.4, -0.2) is 36.0 Å². The minimum atomic E-state index is 0.0521. The summed E-state index contributed by atoms with van der Waals surface area (Å²) in [5, 5.41) is 12.6. The molecule has 0 bridgehead atoms. The lowest BCUT2D eigenvalue weighted by atomic mass is 10.1. The molecule has 0 spiro atoms. The summed E-state index contributed by atoms with van der Waals surface area (Å²) >= 11 is 1.69. The first kappa shape index (κ1) is 20.0. The molecular weight excluding hydrogens is 458 g/mol. The molecule has 0 saturated heterocycles. The highest BCUT2D eigenvalue weighted by Crippen LogP contribution is 2.34. The number of para-hydroxylation sites is 1. The number of aromatic nitrogens is 6. The number of aromatic amines is 2. The van der Waals surface area contributed by atoms with Crippen LogP contribution in [0.15, 0.2) is 66.3 Å². The Kier molecular flexibility index (Phi) is 4.49. The Labute approximate surface area is 203 Å². The highest BCUT2D eigenvalue weighted by molar-refractivity contribution is 7.13. The van der Waals surface area contributed by atoms with E-state index < -0.39 is 0 Å². The number of hydrogen-bond acceptors (Lipinski definition) is 6. The fourth-order valence-electron chi connectivity index (χ4n) is 4.24. The molecule has 0 unspecified atom stereocenters. The highest BCUT2D eigenvalue weighted by Gasteiger charge is 2.29. The van der Waals surface area contributed by atoms with E-state index in [2.05, 4.69) is 43.0 Å². The molecule has 7 rings (SSSR count). The van der Waals surface area contributed by atoms with E-state index >= 15 is 0 Å². The summed E-state index contributed by atoms with van der Waals surface area (Å²) in [6.07, 6.45) is 5.31. The summed E-state index contributed by atoms with van der Waals surface area (Å²) in [6.45, 7) is 0. The number of carbonyl (C=O) groups is 1. The largest absolute Gasteiger partial charge is 0.336 e. The number of carbonyl (C=O) groups excluding carboxylic acids is 1. The van der Waals surface area contributed by atoms with Gasteiger partial charge in [-0.15, -0.1) is 11.3 Å². The van der Waals surface area contributed by atoms with Gasteiger partial charge in [-0.3, -0.25) is 14.9 Å². The molecule has 1 amide bonds. The smallest absolute Gasteiger partial charge is 0.227 e. The van der Waals surface area contributed by atoms with Crippen LogP contribution in [0.25, 0.3) is 55.3 Å². The summed E-state index contributed by atoms with van der Waals surface area (Å²) in [5.41, 5.74) is 7.35. The number of nitrogens with one attached hydrogen (secondary N) is 3. The van der Waals surface area contributed by atoms with Crippen LogP contribution in [0.2, 0.25) is 0 Å². The van der Waals surface area contributed by atoms with Gasteiger partial charge >= 0.3 is 0 Å². The van der Waals surface area contributed by atoms with E-state index in [4.69, 9.17) is 9.97 Å². The van der Waals surface area contributed by atoms with Crippen LogP contribution in [0.4, 0.5) is 5.69 Å². The summed E-state index contributed by atoms with van der Waals surface area (Å²) in [4.78, 5) is 30.8. The maximum Gasteiger partial charge on any atom is 0.227 e. The predicted molar refractivity (Wildman–Crippen MR) is 137 cm³/mol. The topological polar surface area (TPSA) is 112 Å². The minimum absolute atomic E-state index is 0.0521. The molecule has 3 N–H and O–H groups in total. The highest BCUT2D eigenvalue weighted by atomic mass is 32.1. The zero-order chi connectivity index (χ0) is 23.4. The van der Waals surface area contributed by atoms with Gasteiger partial charge in [0.1, 0.15) is 5.52 Å². The van der Waals surface area contributed by atoms with E-state index in [1.807, 2.05) is 36.4 Å². The maximum absolute atomic E-state index is 12.2. The van der Waals surface area contributed by atoms with Crippen molar-refractivity contribution in [1.82, 2.24) is 30.1 Å². The Morgan fingerprint density at radius 3 is 2.80 bits per heavy atom. The maximum atomic E-state index is 12.2. The Hall–Kier alpha value is -4.37. The van der Waals surface area contributed by atoms with Gasteiger partial charge in [0.05, 0.1) is 34.1 Å². The number of nitrogens with zero attached hydrogens (tertiary/aromatic N) is 4. The fraction of sp³-hybridized carbons (Fsp3) is 0.115. The van der Waals surface area contributed by atoms with E-state index in [-0.39, 0.29) is 11.8 Å². The Morgan fingerprint density at radius 2 is 1.94 bits per heavy atom. The van der Waals surface area contributed by atoms with Crippen LogP contribution in [0, 0.1) is 5.92 Å². The summed E-state index contributed by atoms with van der Waals surface area (Å²) in [6, 6.07) is 16.0. The first-order chi connectivity index (χ1) is 17.2. The normalized spacial score (nSPS) is 13.5. The molecule has 6 aromatic rings. The van der Waals surface area contributed by atoms with Crippen LogP contribution >= 0.6 is 11.3 Å². The lowest BCUT2D eigenvalue weighted by Gasteiger charge is -2.06. The molecule has 5 aromatic heterocycles. The number of thiophene rings is 1. The molecule has 1 aromatic carbocycles. The van der Waals surface area contributed by atoms with Crippen LogP contribution in [0.3, 0.4) is 0 Å². The molecule has 1 saturated carbocycles. The number of H-pyrrole nitrogens is 2. The van der Waals surface area contributed by atoms with Gasteiger partial charge < -0.3 is 10.3 Å². The molecule has 35 heavy (non-hydrogen) atoms. The van der Waals surface area contributed by atoms with Crippen molar-refractivity contribution in [2.45, 2.75) is 12.8 Å². The molecule has 1 aliphatic carbocycles. The minimum Gasteiger partial charge on any atom is -0.336 e. The second kappa shape index (κ2) is 7.85.